The van der Waals surface area contributed by atoms with Crippen LogP contribution in [-0.2, 0) is 6.42 Å². The molecular weight excluding hydrogens is 290 g/mol. The van der Waals surface area contributed by atoms with Crippen LogP contribution in [0.1, 0.15) is 24.1 Å². The maximum Gasteiger partial charge on any atom is 0.153 e. The van der Waals surface area contributed by atoms with Crippen LogP contribution in [0.2, 0.25) is 5.02 Å². The van der Waals surface area contributed by atoms with Gasteiger partial charge < -0.3 is 9.52 Å². The fraction of sp³-hybridized carbons (Fsp3) is 0.200. The first-order valence-electron chi connectivity index (χ1n) is 6.59. The minimum Gasteiger partial charge on any atom is -0.469 e. The number of hydrogen-bond donors (Lipinski definition) is 2. The van der Waals surface area contributed by atoms with E-state index >= 15 is 0 Å². The highest BCUT2D eigenvalue weighted by Crippen LogP contribution is 2.28. The van der Waals surface area contributed by atoms with Crippen molar-refractivity contribution in [2.75, 3.05) is 0 Å². The number of nitrogens with zero attached hydrogens (tertiary/aromatic N) is 2. The molecule has 0 aliphatic carbocycles. The molecule has 21 heavy (non-hydrogen) atoms. The van der Waals surface area contributed by atoms with E-state index in [2.05, 4.69) is 15.2 Å². The van der Waals surface area contributed by atoms with Gasteiger partial charge in [0.05, 0.1) is 6.26 Å². The smallest absolute Gasteiger partial charge is 0.153 e. The average molecular weight is 304 g/mol. The summed E-state index contributed by atoms with van der Waals surface area (Å²) in [5.74, 6) is 1.30. The molecule has 0 amide bonds. The van der Waals surface area contributed by atoms with Gasteiger partial charge in [-0.1, -0.05) is 23.7 Å². The maximum atomic E-state index is 10.0. The van der Waals surface area contributed by atoms with Crippen LogP contribution in [0.25, 0.3) is 11.1 Å². The van der Waals surface area contributed by atoms with E-state index in [0.29, 0.717) is 23.7 Å². The lowest BCUT2D eigenvalue weighted by Crippen LogP contribution is -2.02. The van der Waals surface area contributed by atoms with Crippen molar-refractivity contribution in [2.45, 2.75) is 18.9 Å². The first-order valence-corrected chi connectivity index (χ1v) is 6.97. The highest BCUT2D eigenvalue weighted by Gasteiger charge is 2.14. The van der Waals surface area contributed by atoms with Gasteiger partial charge in [-0.25, -0.2) is 4.98 Å². The number of furan rings is 1. The minimum atomic E-state index is -0.685. The summed E-state index contributed by atoms with van der Waals surface area (Å²) in [7, 11) is 0. The molecule has 0 saturated heterocycles. The Kier molecular flexibility index (Phi) is 4.03. The Morgan fingerprint density at radius 3 is 2.76 bits per heavy atom. The third-order valence-corrected chi connectivity index (χ3v) is 3.55. The highest BCUT2D eigenvalue weighted by molar-refractivity contribution is 6.30. The van der Waals surface area contributed by atoms with Gasteiger partial charge in [-0.3, -0.25) is 5.10 Å². The lowest BCUT2D eigenvalue weighted by Gasteiger charge is -2.07. The molecular formula is C15H14ClN3O2. The van der Waals surface area contributed by atoms with E-state index < -0.39 is 6.10 Å². The van der Waals surface area contributed by atoms with Crippen molar-refractivity contribution in [2.24, 2.45) is 0 Å². The third-order valence-electron chi connectivity index (χ3n) is 3.29. The summed E-state index contributed by atoms with van der Waals surface area (Å²) < 4.78 is 5.53. The quantitative estimate of drug-likeness (QED) is 0.757. The highest BCUT2D eigenvalue weighted by atomic mass is 35.5. The second-order valence-corrected chi connectivity index (χ2v) is 5.13. The molecule has 0 aliphatic rings. The number of benzene rings is 1. The molecule has 0 fully saturated rings. The fourth-order valence-electron chi connectivity index (χ4n) is 2.20. The molecule has 0 bridgehead atoms. The van der Waals surface area contributed by atoms with Crippen molar-refractivity contribution in [3.8, 4) is 11.1 Å². The molecule has 1 unspecified atom stereocenters. The van der Waals surface area contributed by atoms with E-state index in [1.165, 1.54) is 6.33 Å². The molecule has 3 aromatic rings. The van der Waals surface area contributed by atoms with Gasteiger partial charge in [0.2, 0.25) is 0 Å². The molecule has 5 nitrogen and oxygen atoms in total. The van der Waals surface area contributed by atoms with E-state index in [9.17, 15) is 5.11 Å². The molecule has 3 rings (SSSR count). The predicted octanol–water partition coefficient (Wildman–Crippen LogP) is 3.38. The summed E-state index contributed by atoms with van der Waals surface area (Å²) in [6.45, 7) is 0. The van der Waals surface area contributed by atoms with Crippen LogP contribution in [-0.4, -0.2) is 20.3 Å². The van der Waals surface area contributed by atoms with Gasteiger partial charge in [0.25, 0.3) is 0 Å². The summed E-state index contributed by atoms with van der Waals surface area (Å²) >= 11 is 5.90. The van der Waals surface area contributed by atoms with Crippen LogP contribution in [0.15, 0.2) is 47.3 Å². The van der Waals surface area contributed by atoms with Gasteiger partial charge in [0, 0.05) is 17.0 Å². The molecule has 1 atom stereocenters. The molecule has 0 aliphatic heterocycles. The van der Waals surface area contributed by atoms with Crippen LogP contribution < -0.4 is 0 Å². The lowest BCUT2D eigenvalue weighted by molar-refractivity contribution is 0.156. The Hall–Kier alpha value is -2.11. The number of aromatic amines is 1. The van der Waals surface area contributed by atoms with Gasteiger partial charge in [-0.05, 0) is 30.2 Å². The Bertz CT molecular complexity index is 692. The first kappa shape index (κ1) is 13.9. The molecule has 0 radical (unpaired) electrons. The fourth-order valence-corrected chi connectivity index (χ4v) is 2.33. The SMILES string of the molecule is OC(CCc1occc1-c1ccc(Cl)cc1)c1ncn[nH]1. The Morgan fingerprint density at radius 1 is 1.24 bits per heavy atom. The number of aliphatic hydroxyl groups excluding tert-OH is 1. The average Bonchev–Trinajstić information content (AvgIpc) is 3.17. The van der Waals surface area contributed by atoms with Crippen molar-refractivity contribution < 1.29 is 9.52 Å². The third kappa shape index (κ3) is 3.15. The van der Waals surface area contributed by atoms with Crippen molar-refractivity contribution in [1.29, 1.82) is 0 Å². The molecule has 1 aromatic carbocycles. The molecule has 108 valence electrons. The summed E-state index contributed by atoms with van der Waals surface area (Å²) in [5.41, 5.74) is 2.05. The predicted molar refractivity (Wildman–Crippen MR) is 78.8 cm³/mol. The van der Waals surface area contributed by atoms with Gasteiger partial charge in [-0.15, -0.1) is 0 Å². The van der Waals surface area contributed by atoms with Gasteiger partial charge in [0.15, 0.2) is 5.82 Å². The molecule has 0 spiro atoms. The van der Waals surface area contributed by atoms with E-state index in [0.717, 1.165) is 16.9 Å². The van der Waals surface area contributed by atoms with E-state index in [1.807, 2.05) is 30.3 Å². The van der Waals surface area contributed by atoms with E-state index in [4.69, 9.17) is 16.0 Å². The van der Waals surface area contributed by atoms with E-state index in [-0.39, 0.29) is 0 Å². The number of H-pyrrole nitrogens is 1. The van der Waals surface area contributed by atoms with Crippen molar-refractivity contribution in [3.63, 3.8) is 0 Å². The number of aryl methyl sites for hydroxylation is 1. The second-order valence-electron chi connectivity index (χ2n) is 4.69. The number of aliphatic hydroxyl groups is 1. The summed E-state index contributed by atoms with van der Waals surface area (Å²) in [6.07, 6.45) is 3.46. The normalized spacial score (nSPS) is 12.5. The Labute approximate surface area is 126 Å². The zero-order valence-electron chi connectivity index (χ0n) is 11.2. The number of aromatic nitrogens is 3. The maximum absolute atomic E-state index is 10.0. The summed E-state index contributed by atoms with van der Waals surface area (Å²) in [4.78, 5) is 3.94. The Balaban J connectivity index is 1.72. The number of nitrogens with one attached hydrogen (secondary N) is 1. The summed E-state index contributed by atoms with van der Waals surface area (Å²) in [5, 5.41) is 17.1. The largest absolute Gasteiger partial charge is 0.469 e. The monoisotopic (exact) mass is 303 g/mol. The second kappa shape index (κ2) is 6.11. The van der Waals surface area contributed by atoms with Crippen LogP contribution in [0.5, 0.6) is 0 Å². The molecule has 2 N–H and O–H groups in total. The van der Waals surface area contributed by atoms with Crippen LogP contribution in [0, 0.1) is 0 Å². The number of halogens is 1. The number of rotatable bonds is 5. The number of hydrogen-bond acceptors (Lipinski definition) is 4. The molecule has 6 heteroatoms. The van der Waals surface area contributed by atoms with Crippen molar-refractivity contribution in [3.05, 3.63) is 59.5 Å². The van der Waals surface area contributed by atoms with Crippen molar-refractivity contribution in [1.82, 2.24) is 15.2 Å². The zero-order chi connectivity index (χ0) is 14.7. The van der Waals surface area contributed by atoms with Gasteiger partial charge in [0.1, 0.15) is 18.2 Å². The summed E-state index contributed by atoms with van der Waals surface area (Å²) in [6, 6.07) is 9.50. The standard InChI is InChI=1S/C15H14ClN3O2/c16-11-3-1-10(2-4-11)12-7-8-21-14(12)6-5-13(20)15-17-9-18-19-15/h1-4,7-9,13,20H,5-6H2,(H,17,18,19). The minimum absolute atomic E-state index is 0.467. The Morgan fingerprint density at radius 2 is 2.05 bits per heavy atom. The van der Waals surface area contributed by atoms with E-state index in [1.54, 1.807) is 6.26 Å². The van der Waals surface area contributed by atoms with Crippen LogP contribution in [0.3, 0.4) is 0 Å². The van der Waals surface area contributed by atoms with Crippen LogP contribution >= 0.6 is 11.6 Å². The van der Waals surface area contributed by atoms with Crippen molar-refractivity contribution >= 4 is 11.6 Å². The van der Waals surface area contributed by atoms with Gasteiger partial charge in [-0.2, -0.15) is 5.10 Å². The lowest BCUT2D eigenvalue weighted by atomic mass is 10.0. The topological polar surface area (TPSA) is 74.9 Å². The van der Waals surface area contributed by atoms with Crippen LogP contribution in [0.4, 0.5) is 0 Å². The molecule has 2 aromatic heterocycles. The molecule has 2 heterocycles. The zero-order valence-corrected chi connectivity index (χ0v) is 11.9. The van der Waals surface area contributed by atoms with Gasteiger partial charge >= 0.3 is 0 Å². The first-order chi connectivity index (χ1) is 10.2. The molecule has 0 saturated carbocycles.